The average Bonchev–Trinajstić information content (AvgIpc) is 3.39. The second-order valence-corrected chi connectivity index (χ2v) is 11.0. The van der Waals surface area contributed by atoms with Crippen LogP contribution >= 0.6 is 0 Å². The van der Waals surface area contributed by atoms with Gasteiger partial charge in [0.2, 0.25) is 0 Å². The lowest BCUT2D eigenvalue weighted by Crippen LogP contribution is -2.39. The van der Waals surface area contributed by atoms with Gasteiger partial charge in [0.05, 0.1) is 30.4 Å². The molecule has 1 aliphatic heterocycles. The predicted molar refractivity (Wildman–Crippen MR) is 165 cm³/mol. The predicted octanol–water partition coefficient (Wildman–Crippen LogP) is 4.22. The Balaban J connectivity index is 1.32. The molecule has 1 saturated heterocycles. The van der Waals surface area contributed by atoms with Gasteiger partial charge in [0, 0.05) is 73.2 Å². The fraction of sp³-hybridized carbons (Fsp3) is 0.355. The number of carbonyl (C=O) groups excluding carboxylic acids is 1. The molecule has 3 N–H and O–H groups in total. The highest BCUT2D eigenvalue weighted by Gasteiger charge is 2.26. The topological polar surface area (TPSA) is 146 Å². The van der Waals surface area contributed by atoms with Crippen molar-refractivity contribution in [2.45, 2.75) is 33.1 Å². The van der Waals surface area contributed by atoms with E-state index in [9.17, 15) is 10.1 Å². The van der Waals surface area contributed by atoms with Crippen LogP contribution in [0.4, 0.5) is 23.0 Å². The normalized spacial score (nSPS) is 13.7. The van der Waals surface area contributed by atoms with Crippen molar-refractivity contribution < 1.29 is 9.53 Å². The summed E-state index contributed by atoms with van der Waals surface area (Å²) in [6, 6.07) is 13.3. The number of aryl methyl sites for hydroxylation is 2. The van der Waals surface area contributed by atoms with E-state index in [4.69, 9.17) is 4.74 Å². The molecule has 3 aromatic heterocycles. The van der Waals surface area contributed by atoms with Crippen LogP contribution in [0.3, 0.4) is 0 Å². The first kappa shape index (κ1) is 29.6. The van der Waals surface area contributed by atoms with Gasteiger partial charge < -0.3 is 20.7 Å². The molecule has 1 aromatic carbocycles. The van der Waals surface area contributed by atoms with Crippen LogP contribution in [0.1, 0.15) is 41.0 Å². The lowest BCUT2D eigenvalue weighted by Gasteiger charge is -2.26. The summed E-state index contributed by atoms with van der Waals surface area (Å²) in [5, 5.41) is 24.1. The molecule has 0 saturated carbocycles. The van der Waals surface area contributed by atoms with Crippen molar-refractivity contribution in [1.82, 2.24) is 29.6 Å². The van der Waals surface area contributed by atoms with Crippen LogP contribution < -0.4 is 16.0 Å². The van der Waals surface area contributed by atoms with E-state index in [0.717, 1.165) is 56.3 Å². The van der Waals surface area contributed by atoms with E-state index < -0.39 is 5.41 Å². The maximum atomic E-state index is 13.3. The molecule has 0 radical (unpaired) electrons. The Morgan fingerprint density at radius 1 is 1.12 bits per heavy atom. The number of anilines is 4. The van der Waals surface area contributed by atoms with Gasteiger partial charge in [-0.05, 0) is 51.5 Å². The van der Waals surface area contributed by atoms with Gasteiger partial charge in [-0.2, -0.15) is 15.0 Å². The number of rotatable bonds is 10. The Kier molecular flexibility index (Phi) is 8.94. The maximum absolute atomic E-state index is 13.3. The number of hydrogen-bond donors (Lipinski definition) is 3. The molecule has 12 heteroatoms. The van der Waals surface area contributed by atoms with Gasteiger partial charge in [0.15, 0.2) is 5.82 Å². The molecule has 0 spiro atoms. The quantitative estimate of drug-likeness (QED) is 0.249. The molecule has 1 amide bonds. The molecule has 0 unspecified atom stereocenters. The van der Waals surface area contributed by atoms with Gasteiger partial charge in [-0.1, -0.05) is 6.07 Å². The SMILES string of the molecule is Cc1cc(Nc2cc(NC(=O)c3ccncc3C(C)(C)C#N)ccc2C)n(-c2cc(NCCN3CCOCC3)ncn2)n1. The van der Waals surface area contributed by atoms with E-state index in [-0.39, 0.29) is 5.91 Å². The number of ether oxygens (including phenoxy) is 1. The summed E-state index contributed by atoms with van der Waals surface area (Å²) in [4.78, 5) is 28.6. The molecule has 0 atom stereocenters. The Hall–Kier alpha value is -4.86. The second-order valence-electron chi connectivity index (χ2n) is 11.0. The van der Waals surface area contributed by atoms with E-state index in [2.05, 4.69) is 47.0 Å². The largest absolute Gasteiger partial charge is 0.379 e. The third kappa shape index (κ3) is 7.14. The van der Waals surface area contributed by atoms with Crippen LogP contribution in [-0.4, -0.2) is 74.9 Å². The smallest absolute Gasteiger partial charge is 0.256 e. The first-order valence-corrected chi connectivity index (χ1v) is 14.2. The first-order chi connectivity index (χ1) is 20.7. The molecular weight excluding hydrogens is 544 g/mol. The van der Waals surface area contributed by atoms with Crippen molar-refractivity contribution in [2.75, 3.05) is 55.3 Å². The zero-order valence-corrected chi connectivity index (χ0v) is 24.9. The summed E-state index contributed by atoms with van der Waals surface area (Å²) >= 11 is 0. The van der Waals surface area contributed by atoms with Crippen LogP contribution in [0.5, 0.6) is 0 Å². The van der Waals surface area contributed by atoms with Gasteiger partial charge in [-0.25, -0.2) is 9.97 Å². The molecule has 222 valence electrons. The molecule has 5 rings (SSSR count). The van der Waals surface area contributed by atoms with Gasteiger partial charge in [0.1, 0.15) is 18.0 Å². The van der Waals surface area contributed by atoms with Crippen molar-refractivity contribution in [2.24, 2.45) is 0 Å². The van der Waals surface area contributed by atoms with Gasteiger partial charge >= 0.3 is 0 Å². The number of aromatic nitrogens is 5. The average molecular weight is 581 g/mol. The lowest BCUT2D eigenvalue weighted by molar-refractivity contribution is 0.0398. The van der Waals surface area contributed by atoms with E-state index in [1.807, 2.05) is 44.2 Å². The Bertz CT molecular complexity index is 1640. The zero-order chi connectivity index (χ0) is 30.4. The lowest BCUT2D eigenvalue weighted by atomic mass is 9.84. The molecule has 4 aromatic rings. The minimum Gasteiger partial charge on any atom is -0.379 e. The standard InChI is InChI=1S/C31H36N10O2/c1-21-5-6-23(37-30(42)24-7-8-33-18-25(24)31(3,4)19-32)16-26(21)38-29-15-22(2)39-41(29)28-17-27(35-20-36-28)34-9-10-40-11-13-43-14-12-40/h5-8,15-18,20,38H,9-14H2,1-4H3,(H,37,42)(H,34,35,36). The number of carbonyl (C=O) groups is 1. The van der Waals surface area contributed by atoms with Crippen LogP contribution in [0.15, 0.2) is 55.1 Å². The third-order valence-electron chi connectivity index (χ3n) is 7.32. The van der Waals surface area contributed by atoms with E-state index in [0.29, 0.717) is 34.3 Å². The van der Waals surface area contributed by atoms with Crippen molar-refractivity contribution >= 4 is 28.9 Å². The third-order valence-corrected chi connectivity index (χ3v) is 7.32. The second kappa shape index (κ2) is 13.0. The summed E-state index contributed by atoms with van der Waals surface area (Å²) in [6.45, 7) is 12.5. The highest BCUT2D eigenvalue weighted by atomic mass is 16.5. The number of pyridine rings is 1. The van der Waals surface area contributed by atoms with Crippen molar-refractivity contribution in [3.8, 4) is 11.9 Å². The van der Waals surface area contributed by atoms with E-state index >= 15 is 0 Å². The van der Waals surface area contributed by atoms with Crippen molar-refractivity contribution in [3.63, 3.8) is 0 Å². The first-order valence-electron chi connectivity index (χ1n) is 14.2. The maximum Gasteiger partial charge on any atom is 0.256 e. The summed E-state index contributed by atoms with van der Waals surface area (Å²) in [7, 11) is 0. The Morgan fingerprint density at radius 2 is 1.93 bits per heavy atom. The summed E-state index contributed by atoms with van der Waals surface area (Å²) in [5.41, 5.74) is 3.30. The molecule has 1 fully saturated rings. The summed E-state index contributed by atoms with van der Waals surface area (Å²) < 4.78 is 7.16. The van der Waals surface area contributed by atoms with Crippen LogP contribution in [-0.2, 0) is 10.2 Å². The molecule has 4 heterocycles. The molecule has 0 aliphatic carbocycles. The zero-order valence-electron chi connectivity index (χ0n) is 24.9. The van der Waals surface area contributed by atoms with Crippen molar-refractivity contribution in [3.05, 3.63) is 77.5 Å². The monoisotopic (exact) mass is 580 g/mol. The summed E-state index contributed by atoms with van der Waals surface area (Å²) in [5.74, 6) is 1.74. The number of hydrogen-bond acceptors (Lipinski definition) is 10. The molecular formula is C31H36N10O2. The minimum absolute atomic E-state index is 0.314. The fourth-order valence-corrected chi connectivity index (χ4v) is 4.81. The number of nitrogens with zero attached hydrogens (tertiary/aromatic N) is 7. The van der Waals surface area contributed by atoms with E-state index in [1.165, 1.54) is 6.33 Å². The highest BCUT2D eigenvalue weighted by Crippen LogP contribution is 2.29. The molecule has 0 bridgehead atoms. The number of nitrogens with one attached hydrogen (secondary N) is 3. The fourth-order valence-electron chi connectivity index (χ4n) is 4.81. The molecule has 12 nitrogen and oxygen atoms in total. The number of morpholine rings is 1. The van der Waals surface area contributed by atoms with E-state index in [1.54, 1.807) is 37.0 Å². The van der Waals surface area contributed by atoms with Gasteiger partial charge in [-0.15, -0.1) is 0 Å². The minimum atomic E-state index is -0.865. The summed E-state index contributed by atoms with van der Waals surface area (Å²) in [6.07, 6.45) is 4.65. The van der Waals surface area contributed by atoms with Crippen LogP contribution in [0.2, 0.25) is 0 Å². The number of amides is 1. The molecule has 1 aliphatic rings. The number of nitriles is 1. The van der Waals surface area contributed by atoms with Crippen molar-refractivity contribution in [1.29, 1.82) is 5.26 Å². The highest BCUT2D eigenvalue weighted by molar-refractivity contribution is 6.05. The van der Waals surface area contributed by atoms with Gasteiger partial charge in [0.25, 0.3) is 5.91 Å². The van der Waals surface area contributed by atoms with Crippen LogP contribution in [0, 0.1) is 25.2 Å². The Morgan fingerprint density at radius 3 is 2.72 bits per heavy atom. The number of benzene rings is 1. The van der Waals surface area contributed by atoms with Crippen LogP contribution in [0.25, 0.3) is 5.82 Å². The molecule has 43 heavy (non-hydrogen) atoms. The van der Waals surface area contributed by atoms with Gasteiger partial charge in [-0.3, -0.25) is 14.7 Å². The Labute approximate surface area is 251 Å².